The maximum atomic E-state index is 12.3. The Hall–Kier alpha value is -1.56. The summed E-state index contributed by atoms with van der Waals surface area (Å²) in [4.78, 5) is 11.1. The van der Waals surface area contributed by atoms with E-state index in [1.54, 1.807) is 0 Å². The van der Waals surface area contributed by atoms with Crippen LogP contribution in [-0.4, -0.2) is 5.91 Å². The highest BCUT2D eigenvalue weighted by atomic mass is 19.4. The Kier molecular flexibility index (Phi) is 2.99. The van der Waals surface area contributed by atoms with E-state index in [4.69, 9.17) is 5.84 Å². The van der Waals surface area contributed by atoms with Crippen molar-refractivity contribution < 1.29 is 18.0 Å². The number of carbonyl (C=O) groups excluding carboxylic acids is 1. The van der Waals surface area contributed by atoms with Crippen molar-refractivity contribution >= 4 is 5.91 Å². The van der Waals surface area contributed by atoms with Crippen LogP contribution >= 0.6 is 0 Å². The zero-order valence-corrected chi connectivity index (χ0v) is 7.85. The van der Waals surface area contributed by atoms with Gasteiger partial charge in [0.15, 0.2) is 0 Å². The minimum atomic E-state index is -4.40. The highest BCUT2D eigenvalue weighted by molar-refractivity contribution is 5.95. The average Bonchev–Trinajstić information content (AvgIpc) is 2.15. The number of benzene rings is 1. The fraction of sp³-hybridized carbons (Fsp3) is 0.222. The van der Waals surface area contributed by atoms with E-state index in [1.165, 1.54) is 6.92 Å². The molecule has 0 radical (unpaired) electrons. The van der Waals surface area contributed by atoms with Crippen LogP contribution in [0.5, 0.6) is 0 Å². The molecule has 0 atom stereocenters. The molecule has 1 amide bonds. The number of amides is 1. The second-order valence-corrected chi connectivity index (χ2v) is 3.00. The summed E-state index contributed by atoms with van der Waals surface area (Å²) in [7, 11) is 0. The number of alkyl halides is 3. The molecule has 0 aliphatic heterocycles. The predicted molar refractivity (Wildman–Crippen MR) is 47.8 cm³/mol. The number of carbonyl (C=O) groups is 1. The summed E-state index contributed by atoms with van der Waals surface area (Å²) < 4.78 is 36.8. The molecule has 0 bridgehead atoms. The second-order valence-electron chi connectivity index (χ2n) is 3.00. The van der Waals surface area contributed by atoms with E-state index < -0.39 is 17.6 Å². The molecule has 3 N–H and O–H groups in total. The molecule has 0 saturated heterocycles. The monoisotopic (exact) mass is 218 g/mol. The first-order valence-electron chi connectivity index (χ1n) is 4.05. The average molecular weight is 218 g/mol. The first-order chi connectivity index (χ1) is 6.86. The van der Waals surface area contributed by atoms with E-state index >= 15 is 0 Å². The van der Waals surface area contributed by atoms with Gasteiger partial charge in [-0.15, -0.1) is 0 Å². The number of nitrogens with two attached hydrogens (primary N) is 1. The van der Waals surface area contributed by atoms with Crippen molar-refractivity contribution in [1.29, 1.82) is 0 Å². The fourth-order valence-electron chi connectivity index (χ4n) is 1.17. The molecule has 0 aromatic heterocycles. The lowest BCUT2D eigenvalue weighted by Gasteiger charge is -2.09. The lowest BCUT2D eigenvalue weighted by Crippen LogP contribution is -2.30. The number of nitrogen functional groups attached to an aromatic ring is 1. The Morgan fingerprint density at radius 2 is 2.00 bits per heavy atom. The summed E-state index contributed by atoms with van der Waals surface area (Å²) in [5, 5.41) is 0. The molecule has 0 saturated carbocycles. The molecule has 82 valence electrons. The summed E-state index contributed by atoms with van der Waals surface area (Å²) in [6.07, 6.45) is -4.40. The van der Waals surface area contributed by atoms with E-state index in [0.717, 1.165) is 18.2 Å². The summed E-state index contributed by atoms with van der Waals surface area (Å²) in [5.41, 5.74) is 1.44. The topological polar surface area (TPSA) is 55.1 Å². The third-order valence-corrected chi connectivity index (χ3v) is 1.93. The van der Waals surface area contributed by atoms with Crippen molar-refractivity contribution in [3.8, 4) is 0 Å². The third kappa shape index (κ3) is 2.47. The SMILES string of the molecule is Cc1cc(C(F)(F)F)ccc1C(=O)NN. The molecule has 15 heavy (non-hydrogen) atoms. The first-order valence-corrected chi connectivity index (χ1v) is 4.05. The van der Waals surface area contributed by atoms with Gasteiger partial charge in [-0.3, -0.25) is 10.2 Å². The van der Waals surface area contributed by atoms with Crippen molar-refractivity contribution in [2.75, 3.05) is 0 Å². The van der Waals surface area contributed by atoms with Crippen LogP contribution in [0, 0.1) is 6.92 Å². The summed E-state index contributed by atoms with van der Waals surface area (Å²) >= 11 is 0. The number of aryl methyl sites for hydroxylation is 1. The van der Waals surface area contributed by atoms with Crippen LogP contribution < -0.4 is 11.3 Å². The summed E-state index contributed by atoms with van der Waals surface area (Å²) in [6.45, 7) is 1.42. The molecule has 0 aliphatic rings. The normalized spacial score (nSPS) is 11.3. The van der Waals surface area contributed by atoms with Crippen LogP contribution in [0.2, 0.25) is 0 Å². The van der Waals surface area contributed by atoms with Gasteiger partial charge in [-0.25, -0.2) is 5.84 Å². The molecule has 0 spiro atoms. The largest absolute Gasteiger partial charge is 0.416 e. The molecular formula is C9H9F3N2O. The van der Waals surface area contributed by atoms with Crippen LogP contribution in [0.25, 0.3) is 0 Å². The van der Waals surface area contributed by atoms with Crippen molar-refractivity contribution in [2.45, 2.75) is 13.1 Å². The Bertz CT molecular complexity index is 387. The van der Waals surface area contributed by atoms with Gasteiger partial charge in [-0.1, -0.05) is 0 Å². The number of hydrazine groups is 1. The zero-order chi connectivity index (χ0) is 11.6. The van der Waals surface area contributed by atoms with Gasteiger partial charge in [0.25, 0.3) is 5.91 Å². The third-order valence-electron chi connectivity index (χ3n) is 1.93. The Balaban J connectivity index is 3.15. The van der Waals surface area contributed by atoms with Gasteiger partial charge in [0, 0.05) is 5.56 Å². The predicted octanol–water partition coefficient (Wildman–Crippen LogP) is 1.62. The molecule has 1 aromatic rings. The van der Waals surface area contributed by atoms with Crippen LogP contribution in [0.4, 0.5) is 13.2 Å². The highest BCUT2D eigenvalue weighted by Gasteiger charge is 2.30. The second kappa shape index (κ2) is 3.90. The van der Waals surface area contributed by atoms with Gasteiger partial charge in [0.2, 0.25) is 0 Å². The Labute approximate surface area is 84.0 Å². The molecule has 0 heterocycles. The number of hydrogen-bond acceptors (Lipinski definition) is 2. The van der Waals surface area contributed by atoms with Crippen LogP contribution in [-0.2, 0) is 6.18 Å². The quantitative estimate of drug-likeness (QED) is 0.427. The molecule has 0 unspecified atom stereocenters. The molecule has 1 aromatic carbocycles. The summed E-state index contributed by atoms with van der Waals surface area (Å²) in [5.74, 6) is 4.27. The number of halogens is 3. The molecule has 3 nitrogen and oxygen atoms in total. The zero-order valence-electron chi connectivity index (χ0n) is 7.85. The fourth-order valence-corrected chi connectivity index (χ4v) is 1.17. The van der Waals surface area contributed by atoms with Crippen LogP contribution in [0.3, 0.4) is 0 Å². The van der Waals surface area contributed by atoms with Crippen LogP contribution in [0.15, 0.2) is 18.2 Å². The standard InChI is InChI=1S/C9H9F3N2O/c1-5-4-6(9(10,11)12)2-3-7(5)8(15)14-13/h2-4H,13H2,1H3,(H,14,15). The van der Waals surface area contributed by atoms with E-state index in [0.29, 0.717) is 0 Å². The lowest BCUT2D eigenvalue weighted by atomic mass is 10.0. The van der Waals surface area contributed by atoms with Gasteiger partial charge in [-0.05, 0) is 30.7 Å². The van der Waals surface area contributed by atoms with Crippen molar-refractivity contribution in [2.24, 2.45) is 5.84 Å². The van der Waals surface area contributed by atoms with Gasteiger partial charge in [0.1, 0.15) is 0 Å². The molecular weight excluding hydrogens is 209 g/mol. The lowest BCUT2D eigenvalue weighted by molar-refractivity contribution is -0.137. The van der Waals surface area contributed by atoms with Crippen molar-refractivity contribution in [3.05, 3.63) is 34.9 Å². The number of rotatable bonds is 1. The summed E-state index contributed by atoms with van der Waals surface area (Å²) in [6, 6.07) is 2.85. The van der Waals surface area contributed by atoms with E-state index in [9.17, 15) is 18.0 Å². The highest BCUT2D eigenvalue weighted by Crippen LogP contribution is 2.30. The van der Waals surface area contributed by atoms with Gasteiger partial charge in [0.05, 0.1) is 5.56 Å². The van der Waals surface area contributed by atoms with Gasteiger partial charge < -0.3 is 0 Å². The van der Waals surface area contributed by atoms with Gasteiger partial charge in [-0.2, -0.15) is 13.2 Å². The van der Waals surface area contributed by atoms with Gasteiger partial charge >= 0.3 is 6.18 Å². The van der Waals surface area contributed by atoms with Crippen LogP contribution in [0.1, 0.15) is 21.5 Å². The maximum Gasteiger partial charge on any atom is 0.416 e. The van der Waals surface area contributed by atoms with Crippen molar-refractivity contribution in [3.63, 3.8) is 0 Å². The maximum absolute atomic E-state index is 12.3. The van der Waals surface area contributed by atoms with E-state index in [-0.39, 0.29) is 11.1 Å². The first kappa shape index (κ1) is 11.5. The molecule has 6 heteroatoms. The number of nitrogens with one attached hydrogen (secondary N) is 1. The van der Waals surface area contributed by atoms with Crippen molar-refractivity contribution in [1.82, 2.24) is 5.43 Å². The van der Waals surface area contributed by atoms with E-state index in [2.05, 4.69) is 0 Å². The molecule has 0 fully saturated rings. The Morgan fingerprint density at radius 1 is 1.40 bits per heavy atom. The molecule has 1 rings (SSSR count). The number of hydrogen-bond donors (Lipinski definition) is 2. The van der Waals surface area contributed by atoms with E-state index in [1.807, 2.05) is 5.43 Å². The molecule has 0 aliphatic carbocycles. The smallest absolute Gasteiger partial charge is 0.290 e. The minimum absolute atomic E-state index is 0.130. The minimum Gasteiger partial charge on any atom is -0.290 e. The Morgan fingerprint density at radius 3 is 2.40 bits per heavy atom.